The standard InChI is InChI=1S/C12H21N2O/c1-13-10-12(15,14(2,3)4)11-8-6-5-7-9-11/h5-9,13,15H,10H2,1-4H3/q+1. The van der Waals surface area contributed by atoms with E-state index in [-0.39, 0.29) is 0 Å². The largest absolute Gasteiger partial charge is 0.338 e. The van der Waals surface area contributed by atoms with E-state index < -0.39 is 5.72 Å². The van der Waals surface area contributed by atoms with Crippen LogP contribution in [0, 0.1) is 0 Å². The summed E-state index contributed by atoms with van der Waals surface area (Å²) < 4.78 is 0.470. The summed E-state index contributed by atoms with van der Waals surface area (Å²) in [6.07, 6.45) is 0. The van der Waals surface area contributed by atoms with Gasteiger partial charge >= 0.3 is 0 Å². The molecular formula is C12H21N2O+. The van der Waals surface area contributed by atoms with Crippen LogP contribution in [0.25, 0.3) is 0 Å². The van der Waals surface area contributed by atoms with E-state index in [2.05, 4.69) is 5.32 Å². The van der Waals surface area contributed by atoms with E-state index in [9.17, 15) is 5.11 Å². The van der Waals surface area contributed by atoms with Crippen LogP contribution in [0.2, 0.25) is 0 Å². The molecule has 1 atom stereocenters. The Balaban J connectivity index is 3.13. The van der Waals surface area contributed by atoms with Crippen molar-refractivity contribution in [1.29, 1.82) is 0 Å². The minimum absolute atomic E-state index is 0.470. The summed E-state index contributed by atoms with van der Waals surface area (Å²) in [4.78, 5) is 0. The molecule has 0 saturated heterocycles. The second-order valence-corrected chi connectivity index (χ2v) is 4.73. The quantitative estimate of drug-likeness (QED) is 0.567. The normalized spacial score (nSPS) is 16.1. The second-order valence-electron chi connectivity index (χ2n) is 4.73. The minimum atomic E-state index is -0.893. The van der Waals surface area contributed by atoms with Gasteiger partial charge in [0.25, 0.3) is 0 Å². The predicted octanol–water partition coefficient (Wildman–Crippen LogP) is 0.757. The van der Waals surface area contributed by atoms with Gasteiger partial charge in [-0.3, -0.25) is 4.48 Å². The van der Waals surface area contributed by atoms with Crippen LogP contribution >= 0.6 is 0 Å². The van der Waals surface area contributed by atoms with Crippen LogP contribution in [0.5, 0.6) is 0 Å². The van der Waals surface area contributed by atoms with E-state index >= 15 is 0 Å². The molecule has 84 valence electrons. The molecule has 0 spiro atoms. The van der Waals surface area contributed by atoms with Gasteiger partial charge in [0, 0.05) is 5.56 Å². The van der Waals surface area contributed by atoms with Gasteiger partial charge in [-0.15, -0.1) is 0 Å². The number of aliphatic hydroxyl groups is 1. The maximum Gasteiger partial charge on any atom is 0.239 e. The van der Waals surface area contributed by atoms with Gasteiger partial charge in [0.2, 0.25) is 5.72 Å². The summed E-state index contributed by atoms with van der Waals surface area (Å²) in [7, 11) is 7.82. The van der Waals surface area contributed by atoms with Crippen LogP contribution in [-0.4, -0.2) is 44.3 Å². The average molecular weight is 209 g/mol. The number of benzene rings is 1. The maximum absolute atomic E-state index is 10.7. The van der Waals surface area contributed by atoms with E-state index in [1.54, 1.807) is 0 Å². The Kier molecular flexibility index (Phi) is 3.50. The van der Waals surface area contributed by atoms with Gasteiger partial charge in [-0.25, -0.2) is 0 Å². The van der Waals surface area contributed by atoms with Gasteiger partial charge in [-0.05, 0) is 7.05 Å². The summed E-state index contributed by atoms with van der Waals surface area (Å²) >= 11 is 0. The van der Waals surface area contributed by atoms with Crippen molar-refractivity contribution in [3.63, 3.8) is 0 Å². The lowest BCUT2D eigenvalue weighted by Crippen LogP contribution is -2.59. The highest BCUT2D eigenvalue weighted by Gasteiger charge is 2.42. The predicted molar refractivity (Wildman–Crippen MR) is 62.3 cm³/mol. The fourth-order valence-corrected chi connectivity index (χ4v) is 1.68. The Morgan fingerprint density at radius 3 is 2.13 bits per heavy atom. The molecule has 0 bridgehead atoms. The molecule has 1 aromatic carbocycles. The fraction of sp³-hybridized carbons (Fsp3) is 0.500. The van der Waals surface area contributed by atoms with Crippen molar-refractivity contribution in [2.45, 2.75) is 5.72 Å². The lowest BCUT2D eigenvalue weighted by Gasteiger charge is -2.42. The van der Waals surface area contributed by atoms with Crippen LogP contribution in [-0.2, 0) is 5.72 Å². The number of likely N-dealkylation sites (N-methyl/N-ethyl adjacent to an activating group) is 2. The molecule has 1 rings (SSSR count). The number of nitrogens with zero attached hydrogens (tertiary/aromatic N) is 1. The van der Waals surface area contributed by atoms with Crippen LogP contribution in [0.15, 0.2) is 30.3 Å². The zero-order chi connectivity index (χ0) is 11.5. The third-order valence-electron chi connectivity index (χ3n) is 2.77. The average Bonchev–Trinajstić information content (AvgIpc) is 2.18. The molecule has 1 unspecified atom stereocenters. The lowest BCUT2D eigenvalue weighted by molar-refractivity contribution is -0.958. The first-order chi connectivity index (χ1) is 6.92. The first kappa shape index (κ1) is 12.2. The molecule has 0 heterocycles. The van der Waals surface area contributed by atoms with Crippen LogP contribution in [0.1, 0.15) is 5.56 Å². The Labute approximate surface area is 91.9 Å². The van der Waals surface area contributed by atoms with Crippen molar-refractivity contribution in [2.75, 3.05) is 34.7 Å². The van der Waals surface area contributed by atoms with Gasteiger partial charge in [0.05, 0.1) is 27.7 Å². The summed E-state index contributed by atoms with van der Waals surface area (Å²) in [5, 5.41) is 13.8. The minimum Gasteiger partial charge on any atom is -0.338 e. The SMILES string of the molecule is CNCC(O)(c1ccccc1)[N+](C)(C)C. The van der Waals surface area contributed by atoms with Gasteiger partial charge < -0.3 is 10.4 Å². The molecule has 2 N–H and O–H groups in total. The van der Waals surface area contributed by atoms with E-state index in [0.29, 0.717) is 11.0 Å². The van der Waals surface area contributed by atoms with Gasteiger partial charge in [-0.1, -0.05) is 30.3 Å². The molecule has 0 aromatic heterocycles. The molecule has 3 heteroatoms. The fourth-order valence-electron chi connectivity index (χ4n) is 1.68. The molecule has 1 aromatic rings. The molecule has 0 aliphatic rings. The Hall–Kier alpha value is -0.900. The van der Waals surface area contributed by atoms with Crippen molar-refractivity contribution in [3.8, 4) is 0 Å². The number of quaternary nitrogens is 1. The van der Waals surface area contributed by atoms with Crippen molar-refractivity contribution in [3.05, 3.63) is 35.9 Å². The molecule has 0 saturated carbocycles. The summed E-state index contributed by atoms with van der Waals surface area (Å²) in [6.45, 7) is 0.528. The Bertz CT molecular complexity index is 305. The van der Waals surface area contributed by atoms with Crippen LogP contribution in [0.4, 0.5) is 0 Å². The van der Waals surface area contributed by atoms with Crippen LogP contribution < -0.4 is 5.32 Å². The molecule has 15 heavy (non-hydrogen) atoms. The van der Waals surface area contributed by atoms with Crippen molar-refractivity contribution in [1.82, 2.24) is 5.32 Å². The van der Waals surface area contributed by atoms with Gasteiger partial charge in [0.1, 0.15) is 0 Å². The third-order valence-corrected chi connectivity index (χ3v) is 2.77. The lowest BCUT2D eigenvalue weighted by atomic mass is 10.00. The first-order valence-electron chi connectivity index (χ1n) is 5.16. The summed E-state index contributed by atoms with van der Waals surface area (Å²) in [6, 6.07) is 9.78. The number of hydrogen-bond donors (Lipinski definition) is 2. The zero-order valence-electron chi connectivity index (χ0n) is 9.99. The van der Waals surface area contributed by atoms with E-state index in [1.165, 1.54) is 0 Å². The van der Waals surface area contributed by atoms with E-state index in [0.717, 1.165) is 5.56 Å². The van der Waals surface area contributed by atoms with Gasteiger partial charge in [-0.2, -0.15) is 0 Å². The smallest absolute Gasteiger partial charge is 0.239 e. The van der Waals surface area contributed by atoms with Crippen molar-refractivity contribution < 1.29 is 9.59 Å². The summed E-state index contributed by atoms with van der Waals surface area (Å²) in [5.41, 5.74) is 0.0441. The maximum atomic E-state index is 10.7. The molecule has 0 amide bonds. The van der Waals surface area contributed by atoms with Crippen molar-refractivity contribution in [2.24, 2.45) is 0 Å². The molecule has 3 nitrogen and oxygen atoms in total. The summed E-state index contributed by atoms with van der Waals surface area (Å²) in [5.74, 6) is 0. The Morgan fingerprint density at radius 2 is 1.73 bits per heavy atom. The molecule has 0 aliphatic carbocycles. The van der Waals surface area contributed by atoms with E-state index in [4.69, 9.17) is 0 Å². The third kappa shape index (κ3) is 2.37. The number of nitrogens with one attached hydrogen (secondary N) is 1. The monoisotopic (exact) mass is 209 g/mol. The van der Waals surface area contributed by atoms with Crippen molar-refractivity contribution >= 4 is 0 Å². The second kappa shape index (κ2) is 4.31. The number of rotatable bonds is 4. The highest BCUT2D eigenvalue weighted by molar-refractivity contribution is 5.20. The molecular weight excluding hydrogens is 188 g/mol. The highest BCUT2D eigenvalue weighted by Crippen LogP contribution is 2.27. The topological polar surface area (TPSA) is 32.3 Å². The Morgan fingerprint density at radius 1 is 1.20 bits per heavy atom. The first-order valence-corrected chi connectivity index (χ1v) is 5.16. The van der Waals surface area contributed by atoms with Gasteiger partial charge in [0.15, 0.2) is 0 Å². The molecule has 0 fully saturated rings. The number of hydrogen-bond acceptors (Lipinski definition) is 2. The van der Waals surface area contributed by atoms with E-state index in [1.807, 2.05) is 58.5 Å². The molecule has 0 radical (unpaired) electrons. The molecule has 0 aliphatic heterocycles. The zero-order valence-corrected chi connectivity index (χ0v) is 9.99. The van der Waals surface area contributed by atoms with Crippen LogP contribution in [0.3, 0.4) is 0 Å². The highest BCUT2D eigenvalue weighted by atomic mass is 16.3.